The molecule has 1 aromatic carbocycles. The van der Waals surface area contributed by atoms with Crippen molar-refractivity contribution in [2.75, 3.05) is 0 Å². The Labute approximate surface area is 115 Å². The standard InChI is InChI=1S/C14H23ISi/c1-13(2,3)11-16(15)14(4,5)12-9-7-6-8-10-12/h6-10,16H,11H2,1-5H3. The topological polar surface area (TPSA) is 0 Å². The molecule has 0 aliphatic rings. The van der Waals surface area contributed by atoms with Crippen LogP contribution in [0.1, 0.15) is 40.2 Å². The molecule has 0 aromatic heterocycles. The lowest BCUT2D eigenvalue weighted by atomic mass is 10.0. The minimum atomic E-state index is -0.793. The van der Waals surface area contributed by atoms with E-state index in [1.165, 1.54) is 11.6 Å². The van der Waals surface area contributed by atoms with Crippen LogP contribution in [-0.4, -0.2) is 6.29 Å². The third kappa shape index (κ3) is 3.88. The van der Waals surface area contributed by atoms with Crippen LogP contribution in [0.3, 0.4) is 0 Å². The maximum Gasteiger partial charge on any atom is 0.120 e. The van der Waals surface area contributed by atoms with E-state index in [4.69, 9.17) is 0 Å². The number of halogens is 1. The molecule has 0 radical (unpaired) electrons. The molecule has 90 valence electrons. The SMILES string of the molecule is CC(C)(C)C[SiH](I)C(C)(C)c1ccccc1. The van der Waals surface area contributed by atoms with E-state index in [1.54, 1.807) is 0 Å². The van der Waals surface area contributed by atoms with Gasteiger partial charge in [0.25, 0.3) is 0 Å². The quantitative estimate of drug-likeness (QED) is 0.422. The van der Waals surface area contributed by atoms with E-state index in [1.807, 2.05) is 0 Å². The molecule has 0 fully saturated rings. The van der Waals surface area contributed by atoms with Crippen LogP contribution in [0.15, 0.2) is 30.3 Å². The van der Waals surface area contributed by atoms with E-state index in [9.17, 15) is 0 Å². The molecule has 16 heavy (non-hydrogen) atoms. The minimum absolute atomic E-state index is 0.384. The lowest BCUT2D eigenvalue weighted by Crippen LogP contribution is -2.35. The van der Waals surface area contributed by atoms with Crippen LogP contribution in [0, 0.1) is 5.41 Å². The molecule has 0 heterocycles. The molecule has 1 rings (SSSR count). The smallest absolute Gasteiger partial charge is 0.120 e. The molecular formula is C14H23ISi. The highest BCUT2D eigenvalue weighted by atomic mass is 127. The molecular weight excluding hydrogens is 323 g/mol. The lowest BCUT2D eigenvalue weighted by Gasteiger charge is -2.34. The second-order valence-electron chi connectivity index (χ2n) is 6.32. The van der Waals surface area contributed by atoms with Gasteiger partial charge in [0.2, 0.25) is 0 Å². The summed E-state index contributed by atoms with van der Waals surface area (Å²) in [7, 11) is 0. The molecule has 0 spiro atoms. The van der Waals surface area contributed by atoms with Crippen molar-refractivity contribution in [2.45, 2.75) is 45.7 Å². The molecule has 0 aliphatic heterocycles. The first kappa shape index (κ1) is 14.2. The van der Waals surface area contributed by atoms with Crippen LogP contribution in [0.2, 0.25) is 6.04 Å². The van der Waals surface area contributed by atoms with Crippen molar-refractivity contribution in [2.24, 2.45) is 5.41 Å². The average Bonchev–Trinajstić information content (AvgIpc) is 2.16. The third-order valence-electron chi connectivity index (χ3n) is 3.09. The molecule has 1 unspecified atom stereocenters. The number of benzene rings is 1. The van der Waals surface area contributed by atoms with Crippen molar-refractivity contribution in [3.05, 3.63) is 35.9 Å². The van der Waals surface area contributed by atoms with Crippen molar-refractivity contribution < 1.29 is 0 Å². The van der Waals surface area contributed by atoms with Gasteiger partial charge in [0.1, 0.15) is 6.29 Å². The number of hydrogen-bond acceptors (Lipinski definition) is 0. The van der Waals surface area contributed by atoms with Crippen LogP contribution < -0.4 is 0 Å². The zero-order chi connectivity index (χ0) is 12.4. The molecule has 0 saturated carbocycles. The fraction of sp³-hybridized carbons (Fsp3) is 0.571. The van der Waals surface area contributed by atoms with E-state index in [-0.39, 0.29) is 0 Å². The minimum Gasteiger partial charge on any atom is -0.122 e. The summed E-state index contributed by atoms with van der Waals surface area (Å²) >= 11 is 2.75. The van der Waals surface area contributed by atoms with E-state index < -0.39 is 6.29 Å². The summed E-state index contributed by atoms with van der Waals surface area (Å²) in [5.74, 6) is 0. The summed E-state index contributed by atoms with van der Waals surface area (Å²) < 4.78 is 0. The molecule has 1 atom stereocenters. The monoisotopic (exact) mass is 346 g/mol. The highest BCUT2D eigenvalue weighted by molar-refractivity contribution is 14.1. The van der Waals surface area contributed by atoms with E-state index in [0.29, 0.717) is 10.5 Å². The summed E-state index contributed by atoms with van der Waals surface area (Å²) in [6.45, 7) is 11.9. The van der Waals surface area contributed by atoms with Crippen LogP contribution in [0.25, 0.3) is 0 Å². The Morgan fingerprint density at radius 1 is 1.00 bits per heavy atom. The maximum atomic E-state index is 2.75. The zero-order valence-corrected chi connectivity index (χ0v) is 14.4. The molecule has 0 amide bonds. The van der Waals surface area contributed by atoms with Crippen molar-refractivity contribution in [3.8, 4) is 0 Å². The van der Waals surface area contributed by atoms with Gasteiger partial charge in [-0.2, -0.15) is 0 Å². The van der Waals surface area contributed by atoms with E-state index in [2.05, 4.69) is 86.7 Å². The Balaban J connectivity index is 2.86. The van der Waals surface area contributed by atoms with Crippen LogP contribution in [0.5, 0.6) is 0 Å². The Hall–Kier alpha value is 0.167. The lowest BCUT2D eigenvalue weighted by molar-refractivity contribution is 0.461. The van der Waals surface area contributed by atoms with Crippen LogP contribution in [0.4, 0.5) is 0 Å². The van der Waals surface area contributed by atoms with Crippen LogP contribution >= 0.6 is 21.8 Å². The van der Waals surface area contributed by atoms with Gasteiger partial charge in [-0.1, -0.05) is 65.0 Å². The average molecular weight is 346 g/mol. The summed E-state index contributed by atoms with van der Waals surface area (Å²) in [6, 6.07) is 12.4. The summed E-state index contributed by atoms with van der Waals surface area (Å²) in [6.07, 6.45) is -0.793. The second kappa shape index (κ2) is 5.21. The van der Waals surface area contributed by atoms with E-state index >= 15 is 0 Å². The van der Waals surface area contributed by atoms with Gasteiger partial charge in [-0.3, -0.25) is 0 Å². The van der Waals surface area contributed by atoms with Crippen molar-refractivity contribution >= 4 is 28.1 Å². The summed E-state index contributed by atoms with van der Waals surface area (Å²) in [5, 5.41) is 0.384. The Morgan fingerprint density at radius 3 is 1.94 bits per heavy atom. The van der Waals surface area contributed by atoms with Gasteiger partial charge in [0, 0.05) is 0 Å². The van der Waals surface area contributed by atoms with Gasteiger partial charge >= 0.3 is 0 Å². The summed E-state index contributed by atoms with van der Waals surface area (Å²) in [4.78, 5) is 0. The molecule has 0 nitrogen and oxygen atoms in total. The third-order valence-corrected chi connectivity index (χ3v) is 12.6. The van der Waals surface area contributed by atoms with Crippen molar-refractivity contribution in [1.29, 1.82) is 0 Å². The predicted octanol–water partition coefficient (Wildman–Crippen LogP) is 4.71. The highest BCUT2D eigenvalue weighted by Gasteiger charge is 2.33. The number of rotatable bonds is 3. The molecule has 0 aliphatic carbocycles. The molecule has 0 N–H and O–H groups in total. The van der Waals surface area contributed by atoms with Gasteiger partial charge in [-0.05, 0) is 22.1 Å². The first-order valence-corrected chi connectivity index (χ1v) is 11.5. The molecule has 0 bridgehead atoms. The number of hydrogen-bond donors (Lipinski definition) is 0. The largest absolute Gasteiger partial charge is 0.122 e. The Bertz CT molecular complexity index is 324. The Morgan fingerprint density at radius 2 is 1.50 bits per heavy atom. The van der Waals surface area contributed by atoms with Gasteiger partial charge in [0.15, 0.2) is 0 Å². The zero-order valence-electron chi connectivity index (χ0n) is 11.0. The molecule has 0 saturated heterocycles. The highest BCUT2D eigenvalue weighted by Crippen LogP contribution is 2.36. The fourth-order valence-corrected chi connectivity index (χ4v) is 9.02. The fourth-order valence-electron chi connectivity index (χ4n) is 1.84. The summed E-state index contributed by atoms with van der Waals surface area (Å²) in [5.41, 5.74) is 1.97. The van der Waals surface area contributed by atoms with Gasteiger partial charge in [-0.25, -0.2) is 0 Å². The second-order valence-corrected chi connectivity index (χ2v) is 13.6. The molecule has 1 aromatic rings. The van der Waals surface area contributed by atoms with Crippen LogP contribution in [-0.2, 0) is 5.04 Å². The Kier molecular flexibility index (Phi) is 4.64. The molecule has 2 heteroatoms. The normalized spacial score (nSPS) is 14.9. The van der Waals surface area contributed by atoms with E-state index in [0.717, 1.165) is 0 Å². The van der Waals surface area contributed by atoms with Gasteiger partial charge in [-0.15, -0.1) is 21.8 Å². The van der Waals surface area contributed by atoms with Crippen molar-refractivity contribution in [1.82, 2.24) is 0 Å². The predicted molar refractivity (Wildman–Crippen MR) is 84.9 cm³/mol. The first-order valence-electron chi connectivity index (χ1n) is 5.93. The van der Waals surface area contributed by atoms with Crippen molar-refractivity contribution in [3.63, 3.8) is 0 Å². The van der Waals surface area contributed by atoms with Gasteiger partial charge in [0.05, 0.1) is 0 Å². The maximum absolute atomic E-state index is 2.75. The first-order chi connectivity index (χ1) is 7.23. The van der Waals surface area contributed by atoms with Gasteiger partial charge < -0.3 is 0 Å².